The van der Waals surface area contributed by atoms with Gasteiger partial charge in [-0.25, -0.2) is 0 Å². The molecule has 4 nitrogen and oxygen atoms in total. The standard InChI is InChI=1S/C9H10N2O2/c1-2-9(11(12)13)6-8-4-3-5-10-7-8/h3-7H,2H2,1H3/b9-6+. The molecule has 0 aliphatic rings. The van der Waals surface area contributed by atoms with E-state index >= 15 is 0 Å². The molecule has 0 atom stereocenters. The third-order valence-corrected chi connectivity index (χ3v) is 1.61. The Kier molecular flexibility index (Phi) is 3.14. The van der Waals surface area contributed by atoms with Gasteiger partial charge in [0, 0.05) is 24.9 Å². The minimum Gasteiger partial charge on any atom is -0.264 e. The predicted molar refractivity (Wildman–Crippen MR) is 49.5 cm³/mol. The Balaban J connectivity index is 2.92. The number of pyridine rings is 1. The molecule has 1 rings (SSSR count). The lowest BCUT2D eigenvalue weighted by Crippen LogP contribution is -1.96. The summed E-state index contributed by atoms with van der Waals surface area (Å²) in [5.74, 6) is 0. The van der Waals surface area contributed by atoms with E-state index in [1.807, 2.05) is 0 Å². The number of nitro groups is 1. The van der Waals surface area contributed by atoms with Crippen molar-refractivity contribution in [3.63, 3.8) is 0 Å². The first kappa shape index (κ1) is 9.38. The fourth-order valence-corrected chi connectivity index (χ4v) is 0.938. The van der Waals surface area contributed by atoms with E-state index in [0.717, 1.165) is 5.56 Å². The van der Waals surface area contributed by atoms with Gasteiger partial charge < -0.3 is 0 Å². The second-order valence-electron chi connectivity index (χ2n) is 2.53. The van der Waals surface area contributed by atoms with Crippen LogP contribution in [-0.4, -0.2) is 9.91 Å². The van der Waals surface area contributed by atoms with Crippen molar-refractivity contribution in [3.05, 3.63) is 45.9 Å². The van der Waals surface area contributed by atoms with Gasteiger partial charge in [0.2, 0.25) is 5.70 Å². The first-order valence-corrected chi connectivity index (χ1v) is 3.99. The SMILES string of the molecule is CC/C(=C\c1cccnc1)[N+](=O)[O-]. The van der Waals surface area contributed by atoms with Crippen LogP contribution in [-0.2, 0) is 0 Å². The molecular weight excluding hydrogens is 168 g/mol. The van der Waals surface area contributed by atoms with Gasteiger partial charge in [0.25, 0.3) is 0 Å². The van der Waals surface area contributed by atoms with Crippen LogP contribution in [0.3, 0.4) is 0 Å². The summed E-state index contributed by atoms with van der Waals surface area (Å²) in [5.41, 5.74) is 0.962. The van der Waals surface area contributed by atoms with E-state index in [4.69, 9.17) is 0 Å². The lowest BCUT2D eigenvalue weighted by Gasteiger charge is -1.93. The fourth-order valence-electron chi connectivity index (χ4n) is 0.938. The summed E-state index contributed by atoms with van der Waals surface area (Å²) >= 11 is 0. The normalized spacial score (nSPS) is 11.3. The van der Waals surface area contributed by atoms with Gasteiger partial charge in [-0.2, -0.15) is 0 Å². The lowest BCUT2D eigenvalue weighted by molar-refractivity contribution is -0.425. The summed E-state index contributed by atoms with van der Waals surface area (Å²) in [6.45, 7) is 1.75. The highest BCUT2D eigenvalue weighted by Gasteiger charge is 2.06. The third-order valence-electron chi connectivity index (χ3n) is 1.61. The minimum absolute atomic E-state index is 0.202. The molecule has 1 aromatic rings. The van der Waals surface area contributed by atoms with Crippen LogP contribution >= 0.6 is 0 Å². The molecule has 0 spiro atoms. The van der Waals surface area contributed by atoms with E-state index in [0.29, 0.717) is 6.42 Å². The molecule has 0 radical (unpaired) electrons. The molecule has 0 unspecified atom stereocenters. The van der Waals surface area contributed by atoms with Gasteiger partial charge in [0.05, 0.1) is 4.92 Å². The van der Waals surface area contributed by atoms with E-state index in [-0.39, 0.29) is 10.6 Å². The smallest absolute Gasteiger partial charge is 0.246 e. The van der Waals surface area contributed by atoms with Crippen LogP contribution < -0.4 is 0 Å². The molecule has 0 fully saturated rings. The molecule has 1 aromatic heterocycles. The Morgan fingerprint density at radius 1 is 1.77 bits per heavy atom. The van der Waals surface area contributed by atoms with E-state index < -0.39 is 0 Å². The van der Waals surface area contributed by atoms with Crippen molar-refractivity contribution in [1.29, 1.82) is 0 Å². The van der Waals surface area contributed by atoms with Crippen LogP contribution in [0, 0.1) is 10.1 Å². The highest BCUT2D eigenvalue weighted by Crippen LogP contribution is 2.08. The average Bonchev–Trinajstić information content (AvgIpc) is 2.15. The zero-order valence-electron chi connectivity index (χ0n) is 7.30. The first-order valence-electron chi connectivity index (χ1n) is 3.99. The second-order valence-corrected chi connectivity index (χ2v) is 2.53. The van der Waals surface area contributed by atoms with Gasteiger partial charge in [-0.05, 0) is 11.6 Å². The van der Waals surface area contributed by atoms with Gasteiger partial charge in [-0.3, -0.25) is 15.1 Å². The molecule has 1 heterocycles. The highest BCUT2D eigenvalue weighted by molar-refractivity contribution is 5.49. The Hall–Kier alpha value is -1.71. The monoisotopic (exact) mass is 178 g/mol. The summed E-state index contributed by atoms with van der Waals surface area (Å²) in [6, 6.07) is 3.53. The summed E-state index contributed by atoms with van der Waals surface area (Å²) in [6.07, 6.45) is 5.18. The van der Waals surface area contributed by atoms with Gasteiger partial charge >= 0.3 is 0 Å². The molecule has 4 heteroatoms. The van der Waals surface area contributed by atoms with Gasteiger partial charge in [-0.15, -0.1) is 0 Å². The minimum atomic E-state index is -0.368. The average molecular weight is 178 g/mol. The first-order chi connectivity index (χ1) is 6.24. The summed E-state index contributed by atoms with van der Waals surface area (Å²) < 4.78 is 0. The Labute approximate surface area is 76.1 Å². The molecule has 0 N–H and O–H groups in total. The molecule has 0 amide bonds. The van der Waals surface area contributed by atoms with Crippen molar-refractivity contribution >= 4 is 6.08 Å². The van der Waals surface area contributed by atoms with E-state index in [9.17, 15) is 10.1 Å². The van der Waals surface area contributed by atoms with E-state index in [1.165, 1.54) is 6.08 Å². The predicted octanol–water partition coefficient (Wildman–Crippen LogP) is 2.11. The Morgan fingerprint density at radius 3 is 3.00 bits per heavy atom. The zero-order chi connectivity index (χ0) is 9.68. The number of nitrogens with zero attached hydrogens (tertiary/aromatic N) is 2. The van der Waals surface area contributed by atoms with Crippen LogP contribution in [0.5, 0.6) is 0 Å². The molecule has 68 valence electrons. The maximum atomic E-state index is 10.5. The second kappa shape index (κ2) is 4.35. The van der Waals surface area contributed by atoms with Crippen molar-refractivity contribution in [2.75, 3.05) is 0 Å². The number of rotatable bonds is 3. The largest absolute Gasteiger partial charge is 0.264 e. The van der Waals surface area contributed by atoms with Crippen LogP contribution in [0.15, 0.2) is 30.2 Å². The van der Waals surface area contributed by atoms with Gasteiger partial charge in [0.15, 0.2) is 0 Å². The van der Waals surface area contributed by atoms with Crippen LogP contribution in [0.2, 0.25) is 0 Å². The molecule has 0 saturated heterocycles. The molecule has 0 aliphatic carbocycles. The molecule has 0 bridgehead atoms. The van der Waals surface area contributed by atoms with E-state index in [1.54, 1.807) is 31.5 Å². The zero-order valence-corrected chi connectivity index (χ0v) is 7.30. The third kappa shape index (κ3) is 2.66. The van der Waals surface area contributed by atoms with Crippen molar-refractivity contribution in [1.82, 2.24) is 4.98 Å². The van der Waals surface area contributed by atoms with Crippen molar-refractivity contribution in [3.8, 4) is 0 Å². The van der Waals surface area contributed by atoms with Crippen LogP contribution in [0.25, 0.3) is 6.08 Å². The Morgan fingerprint density at radius 2 is 2.54 bits per heavy atom. The molecule has 0 aliphatic heterocycles. The molecular formula is C9H10N2O2. The van der Waals surface area contributed by atoms with Crippen molar-refractivity contribution in [2.45, 2.75) is 13.3 Å². The highest BCUT2D eigenvalue weighted by atomic mass is 16.6. The summed E-state index contributed by atoms with van der Waals surface area (Å²) in [7, 11) is 0. The maximum Gasteiger partial charge on any atom is 0.246 e. The fraction of sp³-hybridized carbons (Fsp3) is 0.222. The lowest BCUT2D eigenvalue weighted by atomic mass is 10.2. The Bertz CT molecular complexity index is 320. The van der Waals surface area contributed by atoms with Crippen LogP contribution in [0.4, 0.5) is 0 Å². The molecule has 0 aromatic carbocycles. The molecule has 13 heavy (non-hydrogen) atoms. The quantitative estimate of drug-likeness (QED) is 0.526. The van der Waals surface area contributed by atoms with Gasteiger partial charge in [0.1, 0.15) is 0 Å². The topological polar surface area (TPSA) is 56.0 Å². The summed E-state index contributed by atoms with van der Waals surface area (Å²) in [4.78, 5) is 13.9. The number of hydrogen-bond donors (Lipinski definition) is 0. The maximum absolute atomic E-state index is 10.5. The van der Waals surface area contributed by atoms with Crippen molar-refractivity contribution < 1.29 is 4.92 Å². The van der Waals surface area contributed by atoms with E-state index in [2.05, 4.69) is 4.98 Å². The van der Waals surface area contributed by atoms with Crippen LogP contribution in [0.1, 0.15) is 18.9 Å². The van der Waals surface area contributed by atoms with Crippen molar-refractivity contribution in [2.24, 2.45) is 0 Å². The number of hydrogen-bond acceptors (Lipinski definition) is 3. The number of aromatic nitrogens is 1. The van der Waals surface area contributed by atoms with Gasteiger partial charge in [-0.1, -0.05) is 13.0 Å². The molecule has 0 saturated carbocycles. The summed E-state index contributed by atoms with van der Waals surface area (Å²) in [5, 5.41) is 10.5. The number of allylic oxidation sites excluding steroid dienone is 1.